The summed E-state index contributed by atoms with van der Waals surface area (Å²) in [7, 11) is 0. The SMILES string of the molecule is S=c1[nH]nc(Cc2ccc(Cl)c(Cl)c2)o1. The van der Waals surface area contributed by atoms with Gasteiger partial charge in [0.25, 0.3) is 4.84 Å². The Bertz CT molecular complexity index is 535. The molecule has 2 aromatic rings. The molecule has 0 aliphatic rings. The van der Waals surface area contributed by atoms with E-state index in [2.05, 4.69) is 10.2 Å². The van der Waals surface area contributed by atoms with Gasteiger partial charge in [0.1, 0.15) is 0 Å². The molecule has 0 fully saturated rings. The van der Waals surface area contributed by atoms with Gasteiger partial charge < -0.3 is 4.42 Å². The molecule has 1 aromatic heterocycles. The van der Waals surface area contributed by atoms with E-state index in [9.17, 15) is 0 Å². The molecular formula is C9H6Cl2N2OS. The Kier molecular flexibility index (Phi) is 3.09. The lowest BCUT2D eigenvalue weighted by atomic mass is 10.1. The van der Waals surface area contributed by atoms with E-state index in [4.69, 9.17) is 39.8 Å². The Labute approximate surface area is 101 Å². The number of hydrogen-bond donors (Lipinski definition) is 1. The van der Waals surface area contributed by atoms with E-state index in [0.717, 1.165) is 5.56 Å². The molecule has 2 rings (SSSR count). The highest BCUT2D eigenvalue weighted by molar-refractivity contribution is 7.71. The van der Waals surface area contributed by atoms with E-state index in [1.54, 1.807) is 12.1 Å². The number of hydrogen-bond acceptors (Lipinski definition) is 3. The molecule has 1 heterocycles. The number of rotatable bonds is 2. The summed E-state index contributed by atoms with van der Waals surface area (Å²) in [5.74, 6) is 0.526. The molecule has 0 bridgehead atoms. The van der Waals surface area contributed by atoms with Crippen LogP contribution in [0.3, 0.4) is 0 Å². The van der Waals surface area contributed by atoms with Crippen LogP contribution in [0.5, 0.6) is 0 Å². The molecule has 0 unspecified atom stereocenters. The molecule has 1 N–H and O–H groups in total. The first kappa shape index (κ1) is 10.7. The van der Waals surface area contributed by atoms with Gasteiger partial charge in [-0.05, 0) is 29.9 Å². The molecule has 15 heavy (non-hydrogen) atoms. The standard InChI is InChI=1S/C9H6Cl2N2OS/c10-6-2-1-5(3-7(6)11)4-8-12-13-9(15)14-8/h1-3H,4H2,(H,13,15). The van der Waals surface area contributed by atoms with E-state index in [1.165, 1.54) is 0 Å². The number of nitrogens with zero attached hydrogens (tertiary/aromatic N) is 1. The second kappa shape index (κ2) is 4.35. The first-order valence-electron chi connectivity index (χ1n) is 4.13. The van der Waals surface area contributed by atoms with E-state index in [1.807, 2.05) is 6.07 Å². The van der Waals surface area contributed by atoms with Crippen molar-refractivity contribution < 1.29 is 4.42 Å². The first-order valence-corrected chi connectivity index (χ1v) is 5.30. The van der Waals surface area contributed by atoms with Crippen LogP contribution in [0.15, 0.2) is 22.6 Å². The molecule has 0 radical (unpaired) electrons. The molecule has 0 saturated carbocycles. The van der Waals surface area contributed by atoms with Gasteiger partial charge in [0.05, 0.1) is 16.5 Å². The van der Waals surface area contributed by atoms with Crippen LogP contribution in [-0.4, -0.2) is 10.2 Å². The average Bonchev–Trinajstić information content (AvgIpc) is 2.58. The van der Waals surface area contributed by atoms with Crippen molar-refractivity contribution in [2.45, 2.75) is 6.42 Å². The fraction of sp³-hybridized carbons (Fsp3) is 0.111. The lowest BCUT2D eigenvalue weighted by Crippen LogP contribution is -1.88. The van der Waals surface area contributed by atoms with Crippen LogP contribution in [0, 0.1) is 4.84 Å². The maximum Gasteiger partial charge on any atom is 0.284 e. The van der Waals surface area contributed by atoms with Gasteiger partial charge in [0, 0.05) is 0 Å². The van der Waals surface area contributed by atoms with Crippen LogP contribution in [0.2, 0.25) is 10.0 Å². The van der Waals surface area contributed by atoms with Gasteiger partial charge >= 0.3 is 0 Å². The van der Waals surface area contributed by atoms with Gasteiger partial charge in [-0.2, -0.15) is 0 Å². The number of halogens is 2. The van der Waals surface area contributed by atoms with Gasteiger partial charge in [-0.1, -0.05) is 29.3 Å². The zero-order valence-corrected chi connectivity index (χ0v) is 9.79. The minimum atomic E-state index is 0.269. The summed E-state index contributed by atoms with van der Waals surface area (Å²) < 4.78 is 5.13. The minimum Gasteiger partial charge on any atom is -0.414 e. The summed E-state index contributed by atoms with van der Waals surface area (Å²) in [4.78, 5) is 0.269. The maximum atomic E-state index is 5.87. The zero-order chi connectivity index (χ0) is 10.8. The highest BCUT2D eigenvalue weighted by Crippen LogP contribution is 2.23. The molecule has 0 spiro atoms. The summed E-state index contributed by atoms with van der Waals surface area (Å²) in [6, 6.07) is 5.37. The van der Waals surface area contributed by atoms with Crippen molar-refractivity contribution in [3.63, 3.8) is 0 Å². The van der Waals surface area contributed by atoms with Crippen molar-refractivity contribution in [1.29, 1.82) is 0 Å². The van der Waals surface area contributed by atoms with Crippen molar-refractivity contribution >= 4 is 35.4 Å². The third-order valence-electron chi connectivity index (χ3n) is 1.82. The lowest BCUT2D eigenvalue weighted by molar-refractivity contribution is 0.491. The van der Waals surface area contributed by atoms with Crippen LogP contribution < -0.4 is 0 Å². The van der Waals surface area contributed by atoms with Crippen LogP contribution >= 0.6 is 35.4 Å². The van der Waals surface area contributed by atoms with Crippen molar-refractivity contribution in [3.8, 4) is 0 Å². The summed E-state index contributed by atoms with van der Waals surface area (Å²) in [5.41, 5.74) is 0.967. The summed E-state index contributed by atoms with van der Waals surface area (Å²) in [6.07, 6.45) is 0.532. The maximum absolute atomic E-state index is 5.87. The van der Waals surface area contributed by atoms with Crippen LogP contribution in [0.4, 0.5) is 0 Å². The predicted molar refractivity (Wildman–Crippen MR) is 61.0 cm³/mol. The molecule has 0 aliphatic carbocycles. The van der Waals surface area contributed by atoms with Gasteiger partial charge in [-0.15, -0.1) is 5.10 Å². The van der Waals surface area contributed by atoms with E-state index < -0.39 is 0 Å². The Hall–Kier alpha value is -0.840. The Morgan fingerprint density at radius 1 is 1.33 bits per heavy atom. The summed E-state index contributed by atoms with van der Waals surface area (Å²) in [5, 5.41) is 7.49. The van der Waals surface area contributed by atoms with Crippen molar-refractivity contribution in [1.82, 2.24) is 10.2 Å². The smallest absolute Gasteiger partial charge is 0.284 e. The van der Waals surface area contributed by atoms with Gasteiger partial charge in [0.15, 0.2) is 0 Å². The third kappa shape index (κ3) is 2.59. The highest BCUT2D eigenvalue weighted by Gasteiger charge is 2.04. The first-order chi connectivity index (χ1) is 7.15. The monoisotopic (exact) mass is 260 g/mol. The molecule has 0 amide bonds. The van der Waals surface area contributed by atoms with Crippen LogP contribution in [0.25, 0.3) is 0 Å². The van der Waals surface area contributed by atoms with Gasteiger partial charge in [-0.3, -0.25) is 0 Å². The van der Waals surface area contributed by atoms with E-state index >= 15 is 0 Å². The topological polar surface area (TPSA) is 41.8 Å². The molecular weight excluding hydrogens is 255 g/mol. The Morgan fingerprint density at radius 2 is 2.13 bits per heavy atom. The average molecular weight is 261 g/mol. The fourth-order valence-corrected chi connectivity index (χ4v) is 1.62. The van der Waals surface area contributed by atoms with E-state index in [0.29, 0.717) is 22.4 Å². The molecule has 0 atom stereocenters. The number of aromatic nitrogens is 2. The Balaban J connectivity index is 2.24. The number of aromatic amines is 1. The predicted octanol–water partition coefficient (Wildman–Crippen LogP) is 3.63. The van der Waals surface area contributed by atoms with Gasteiger partial charge in [0.2, 0.25) is 5.89 Å². The second-order valence-electron chi connectivity index (χ2n) is 2.93. The molecule has 0 aliphatic heterocycles. The van der Waals surface area contributed by atoms with Crippen LogP contribution in [-0.2, 0) is 6.42 Å². The molecule has 6 heteroatoms. The van der Waals surface area contributed by atoms with E-state index in [-0.39, 0.29) is 4.84 Å². The molecule has 78 valence electrons. The summed E-state index contributed by atoms with van der Waals surface area (Å²) in [6.45, 7) is 0. The second-order valence-corrected chi connectivity index (χ2v) is 4.12. The lowest BCUT2D eigenvalue weighted by Gasteiger charge is -1.99. The fourth-order valence-electron chi connectivity index (χ4n) is 1.16. The van der Waals surface area contributed by atoms with Crippen molar-refractivity contribution in [2.24, 2.45) is 0 Å². The van der Waals surface area contributed by atoms with Crippen molar-refractivity contribution in [2.75, 3.05) is 0 Å². The summed E-state index contributed by atoms with van der Waals surface area (Å²) >= 11 is 16.4. The number of H-pyrrole nitrogens is 1. The van der Waals surface area contributed by atoms with Crippen molar-refractivity contribution in [3.05, 3.63) is 44.5 Å². The number of nitrogens with one attached hydrogen (secondary N) is 1. The molecule has 1 aromatic carbocycles. The molecule has 3 nitrogen and oxygen atoms in total. The van der Waals surface area contributed by atoms with Gasteiger partial charge in [-0.25, -0.2) is 5.10 Å². The highest BCUT2D eigenvalue weighted by atomic mass is 35.5. The normalized spacial score (nSPS) is 10.5. The van der Waals surface area contributed by atoms with Crippen LogP contribution in [0.1, 0.15) is 11.5 Å². The third-order valence-corrected chi connectivity index (χ3v) is 2.74. The largest absolute Gasteiger partial charge is 0.414 e. The zero-order valence-electron chi connectivity index (χ0n) is 7.46. The molecule has 0 saturated heterocycles. The Morgan fingerprint density at radius 3 is 2.73 bits per heavy atom. The quantitative estimate of drug-likeness (QED) is 0.839. The minimum absolute atomic E-state index is 0.269. The number of benzene rings is 1.